The Labute approximate surface area is 162 Å². The third kappa shape index (κ3) is 5.04. The number of carbonyl (C=O) groups is 1. The average molecular weight is 384 g/mol. The van der Waals surface area contributed by atoms with Gasteiger partial charge in [-0.3, -0.25) is 4.79 Å². The van der Waals surface area contributed by atoms with Crippen molar-refractivity contribution < 1.29 is 9.53 Å². The molecular weight excluding hydrogens is 366 g/mol. The van der Waals surface area contributed by atoms with E-state index in [0.29, 0.717) is 10.8 Å². The lowest BCUT2D eigenvalue weighted by molar-refractivity contribution is -0.122. The summed E-state index contributed by atoms with van der Waals surface area (Å²) in [5, 5.41) is 3.52. The summed E-state index contributed by atoms with van der Waals surface area (Å²) in [6.45, 7) is 1.71. The molecule has 0 unspecified atom stereocenters. The van der Waals surface area contributed by atoms with Crippen molar-refractivity contribution in [1.29, 1.82) is 0 Å². The van der Waals surface area contributed by atoms with Gasteiger partial charge in [-0.15, -0.1) is 0 Å². The van der Waals surface area contributed by atoms with Gasteiger partial charge in [-0.05, 0) is 49.4 Å². The van der Waals surface area contributed by atoms with Crippen molar-refractivity contribution in [3.63, 3.8) is 0 Å². The standard InChI is InChI=1S/C21H18ClNO2S/c1-15(25-17-9-7-8-16(22)14-17)21(24)23-19-12-5-6-13-20(19)26-18-10-3-2-4-11-18/h2-15H,1H3,(H,23,24)/t15-/m1/s1. The van der Waals surface area contributed by atoms with E-state index in [1.54, 1.807) is 43.0 Å². The molecule has 1 N–H and O–H groups in total. The lowest BCUT2D eigenvalue weighted by atomic mass is 10.3. The Hall–Kier alpha value is -2.43. The van der Waals surface area contributed by atoms with Crippen LogP contribution in [0.4, 0.5) is 5.69 Å². The Bertz CT molecular complexity index is 886. The predicted octanol–water partition coefficient (Wildman–Crippen LogP) is 5.90. The first-order valence-electron chi connectivity index (χ1n) is 8.17. The maximum absolute atomic E-state index is 12.5. The predicted molar refractivity (Wildman–Crippen MR) is 107 cm³/mol. The van der Waals surface area contributed by atoms with Crippen LogP contribution in [0.15, 0.2) is 88.7 Å². The minimum Gasteiger partial charge on any atom is -0.481 e. The van der Waals surface area contributed by atoms with Crippen LogP contribution in [0.1, 0.15) is 6.92 Å². The number of carbonyl (C=O) groups excluding carboxylic acids is 1. The fourth-order valence-electron chi connectivity index (χ4n) is 2.31. The summed E-state index contributed by atoms with van der Waals surface area (Å²) in [7, 11) is 0. The van der Waals surface area contributed by atoms with Crippen molar-refractivity contribution in [2.24, 2.45) is 0 Å². The molecule has 3 aromatic carbocycles. The number of halogens is 1. The van der Waals surface area contributed by atoms with Crippen molar-refractivity contribution in [2.45, 2.75) is 22.8 Å². The summed E-state index contributed by atoms with van der Waals surface area (Å²) in [5.74, 6) is 0.346. The van der Waals surface area contributed by atoms with Crippen LogP contribution in [0.25, 0.3) is 0 Å². The minimum absolute atomic E-state index is 0.217. The fraction of sp³-hybridized carbons (Fsp3) is 0.0952. The molecule has 0 fully saturated rings. The maximum Gasteiger partial charge on any atom is 0.265 e. The van der Waals surface area contributed by atoms with Crippen LogP contribution in [0.3, 0.4) is 0 Å². The quantitative estimate of drug-likeness (QED) is 0.576. The molecule has 0 aliphatic carbocycles. The Morgan fingerprint density at radius 2 is 1.73 bits per heavy atom. The van der Waals surface area contributed by atoms with Gasteiger partial charge in [0.05, 0.1) is 5.69 Å². The first-order chi connectivity index (χ1) is 12.6. The molecule has 3 nitrogen and oxygen atoms in total. The second-order valence-corrected chi connectivity index (χ2v) is 7.17. The lowest BCUT2D eigenvalue weighted by Crippen LogP contribution is -2.30. The normalized spacial score (nSPS) is 11.6. The number of benzene rings is 3. The zero-order valence-corrected chi connectivity index (χ0v) is 15.8. The number of amides is 1. The Morgan fingerprint density at radius 1 is 1.00 bits per heavy atom. The molecule has 26 heavy (non-hydrogen) atoms. The first kappa shape index (κ1) is 18.4. The highest BCUT2D eigenvalue weighted by atomic mass is 35.5. The molecule has 0 aliphatic heterocycles. The zero-order valence-electron chi connectivity index (χ0n) is 14.2. The van der Waals surface area contributed by atoms with Gasteiger partial charge in [-0.2, -0.15) is 0 Å². The van der Waals surface area contributed by atoms with Gasteiger partial charge in [0.15, 0.2) is 6.10 Å². The van der Waals surface area contributed by atoms with Crippen molar-refractivity contribution in [3.8, 4) is 5.75 Å². The molecular formula is C21H18ClNO2S. The summed E-state index contributed by atoms with van der Waals surface area (Å²) < 4.78 is 5.68. The molecule has 0 radical (unpaired) electrons. The highest BCUT2D eigenvalue weighted by Gasteiger charge is 2.16. The molecule has 0 spiro atoms. The topological polar surface area (TPSA) is 38.3 Å². The van der Waals surface area contributed by atoms with Gasteiger partial charge in [-0.25, -0.2) is 0 Å². The van der Waals surface area contributed by atoms with Crippen molar-refractivity contribution in [2.75, 3.05) is 5.32 Å². The van der Waals surface area contributed by atoms with Crippen LogP contribution in [0.5, 0.6) is 5.75 Å². The summed E-state index contributed by atoms with van der Waals surface area (Å²) in [5.41, 5.74) is 0.757. The summed E-state index contributed by atoms with van der Waals surface area (Å²) in [6.07, 6.45) is -0.650. The Morgan fingerprint density at radius 3 is 2.50 bits per heavy atom. The van der Waals surface area contributed by atoms with Crippen LogP contribution in [-0.2, 0) is 4.79 Å². The second-order valence-electron chi connectivity index (χ2n) is 5.62. The molecule has 0 aliphatic rings. The largest absolute Gasteiger partial charge is 0.481 e. The van der Waals surface area contributed by atoms with Gasteiger partial charge in [0.1, 0.15) is 5.75 Å². The van der Waals surface area contributed by atoms with E-state index in [1.165, 1.54) is 0 Å². The van der Waals surface area contributed by atoms with Gasteiger partial charge in [0.25, 0.3) is 5.91 Å². The number of nitrogens with one attached hydrogen (secondary N) is 1. The molecule has 5 heteroatoms. The number of ether oxygens (including phenoxy) is 1. The van der Waals surface area contributed by atoms with E-state index in [9.17, 15) is 4.79 Å². The molecule has 1 amide bonds. The molecule has 0 saturated heterocycles. The fourth-order valence-corrected chi connectivity index (χ4v) is 3.41. The molecule has 0 bridgehead atoms. The van der Waals surface area contributed by atoms with Crippen molar-refractivity contribution in [3.05, 3.63) is 83.9 Å². The third-order valence-electron chi connectivity index (χ3n) is 3.59. The van der Waals surface area contributed by atoms with E-state index in [0.717, 1.165) is 15.5 Å². The van der Waals surface area contributed by atoms with Crippen molar-refractivity contribution >= 4 is 35.0 Å². The smallest absolute Gasteiger partial charge is 0.265 e. The third-order valence-corrected chi connectivity index (χ3v) is 4.91. The Kier molecular flexibility index (Phi) is 6.21. The van der Waals surface area contributed by atoms with E-state index in [-0.39, 0.29) is 5.91 Å². The minimum atomic E-state index is -0.650. The van der Waals surface area contributed by atoms with Gasteiger partial charge >= 0.3 is 0 Å². The van der Waals surface area contributed by atoms with Gasteiger partial charge in [0.2, 0.25) is 0 Å². The second kappa shape index (κ2) is 8.79. The lowest BCUT2D eigenvalue weighted by Gasteiger charge is -2.16. The van der Waals surface area contributed by atoms with Gasteiger partial charge in [-0.1, -0.05) is 59.8 Å². The van der Waals surface area contributed by atoms with Crippen LogP contribution < -0.4 is 10.1 Å². The number of anilines is 1. The van der Waals surface area contributed by atoms with Gasteiger partial charge < -0.3 is 10.1 Å². The Balaban J connectivity index is 1.69. The summed E-state index contributed by atoms with van der Waals surface area (Å²) >= 11 is 7.55. The van der Waals surface area contributed by atoms with Crippen LogP contribution in [0.2, 0.25) is 5.02 Å². The van der Waals surface area contributed by atoms with E-state index >= 15 is 0 Å². The summed E-state index contributed by atoms with van der Waals surface area (Å²) in [6, 6.07) is 24.7. The molecule has 1 atom stereocenters. The number of para-hydroxylation sites is 1. The maximum atomic E-state index is 12.5. The monoisotopic (exact) mass is 383 g/mol. The molecule has 0 saturated carbocycles. The molecule has 132 valence electrons. The summed E-state index contributed by atoms with van der Waals surface area (Å²) in [4.78, 5) is 14.6. The molecule has 3 aromatic rings. The average Bonchev–Trinajstić information content (AvgIpc) is 2.64. The van der Waals surface area contributed by atoms with Crippen LogP contribution >= 0.6 is 23.4 Å². The number of hydrogen-bond acceptors (Lipinski definition) is 3. The zero-order chi connectivity index (χ0) is 18.4. The van der Waals surface area contributed by atoms with Crippen LogP contribution in [0, 0.1) is 0 Å². The van der Waals surface area contributed by atoms with E-state index in [4.69, 9.17) is 16.3 Å². The highest BCUT2D eigenvalue weighted by Crippen LogP contribution is 2.33. The number of hydrogen-bond donors (Lipinski definition) is 1. The van der Waals surface area contributed by atoms with Crippen molar-refractivity contribution in [1.82, 2.24) is 0 Å². The SMILES string of the molecule is C[C@@H](Oc1cccc(Cl)c1)C(=O)Nc1ccccc1Sc1ccccc1. The van der Waals surface area contributed by atoms with E-state index in [2.05, 4.69) is 5.32 Å². The van der Waals surface area contributed by atoms with Gasteiger partial charge in [0, 0.05) is 14.8 Å². The molecule has 0 heterocycles. The molecule has 0 aromatic heterocycles. The number of rotatable bonds is 6. The van der Waals surface area contributed by atoms with E-state index in [1.807, 2.05) is 54.6 Å². The van der Waals surface area contributed by atoms with E-state index < -0.39 is 6.10 Å². The highest BCUT2D eigenvalue weighted by molar-refractivity contribution is 7.99. The van der Waals surface area contributed by atoms with Crippen LogP contribution in [-0.4, -0.2) is 12.0 Å². The first-order valence-corrected chi connectivity index (χ1v) is 9.36. The molecule has 3 rings (SSSR count).